The minimum absolute atomic E-state index is 0.139. The summed E-state index contributed by atoms with van der Waals surface area (Å²) in [5.41, 5.74) is 2.11. The molecule has 1 aromatic carbocycles. The Morgan fingerprint density at radius 2 is 1.97 bits per heavy atom. The maximum atomic E-state index is 13.4. The van der Waals surface area contributed by atoms with E-state index in [2.05, 4.69) is 17.3 Å². The van der Waals surface area contributed by atoms with Crippen molar-refractivity contribution in [3.8, 4) is 0 Å². The van der Waals surface area contributed by atoms with E-state index in [1.54, 1.807) is 24.3 Å². The van der Waals surface area contributed by atoms with Gasteiger partial charge in [0.05, 0.1) is 16.8 Å². The molecule has 2 aliphatic heterocycles. The number of sulfonamides is 1. The molecule has 0 radical (unpaired) electrons. The molecule has 1 saturated heterocycles. The zero-order valence-corrected chi connectivity index (χ0v) is 18.3. The van der Waals surface area contributed by atoms with Crippen LogP contribution in [0.3, 0.4) is 0 Å². The summed E-state index contributed by atoms with van der Waals surface area (Å²) in [7, 11) is 0.168. The Morgan fingerprint density at radius 3 is 2.72 bits per heavy atom. The number of anilines is 1. The maximum absolute atomic E-state index is 13.4. The van der Waals surface area contributed by atoms with E-state index in [-0.39, 0.29) is 9.92 Å². The van der Waals surface area contributed by atoms with E-state index in [0.29, 0.717) is 18.8 Å². The van der Waals surface area contributed by atoms with E-state index < -0.39 is 16.1 Å². The van der Waals surface area contributed by atoms with Gasteiger partial charge in [-0.25, -0.2) is 18.4 Å². The molecule has 1 atom stereocenters. The van der Waals surface area contributed by atoms with Crippen molar-refractivity contribution in [2.75, 3.05) is 32.5 Å². The van der Waals surface area contributed by atoms with Crippen molar-refractivity contribution in [2.45, 2.75) is 43.2 Å². The van der Waals surface area contributed by atoms with Gasteiger partial charge >= 0.3 is 0 Å². The first-order valence-electron chi connectivity index (χ1n) is 9.94. The number of fused-ring (bicyclic) bond motifs is 1. The molecule has 29 heavy (non-hydrogen) atoms. The summed E-state index contributed by atoms with van der Waals surface area (Å²) in [6.07, 6.45) is 3.33. The van der Waals surface area contributed by atoms with Gasteiger partial charge in [0.2, 0.25) is 10.0 Å². The van der Waals surface area contributed by atoms with Gasteiger partial charge in [-0.05, 0) is 38.4 Å². The molecule has 0 amide bonds. The van der Waals surface area contributed by atoms with Crippen LogP contribution in [0.4, 0.5) is 5.82 Å². The number of hydrogen-bond donors (Lipinski definition) is 1. The van der Waals surface area contributed by atoms with Gasteiger partial charge in [-0.15, -0.1) is 0 Å². The number of halogens is 1. The number of aromatic nitrogens is 2. The predicted octanol–water partition coefficient (Wildman–Crippen LogP) is 3.08. The summed E-state index contributed by atoms with van der Waals surface area (Å²) >= 11 is 6.23. The lowest BCUT2D eigenvalue weighted by atomic mass is 10.0. The smallest absolute Gasteiger partial charge is 0.245 e. The van der Waals surface area contributed by atoms with Gasteiger partial charge in [0, 0.05) is 32.2 Å². The number of piperidine rings is 1. The highest BCUT2D eigenvalue weighted by atomic mass is 35.5. The molecule has 0 unspecified atom stereocenters. The average Bonchev–Trinajstić information content (AvgIpc) is 2.72. The number of rotatable bonds is 4. The third kappa shape index (κ3) is 3.86. The van der Waals surface area contributed by atoms with E-state index in [1.165, 1.54) is 4.31 Å². The third-order valence-electron chi connectivity index (χ3n) is 5.69. The van der Waals surface area contributed by atoms with Gasteiger partial charge in [0.1, 0.15) is 16.5 Å². The molecule has 9 heteroatoms. The second-order valence-electron chi connectivity index (χ2n) is 7.65. The van der Waals surface area contributed by atoms with Crippen molar-refractivity contribution < 1.29 is 8.42 Å². The fourth-order valence-electron chi connectivity index (χ4n) is 4.17. The van der Waals surface area contributed by atoms with Crippen LogP contribution >= 0.6 is 11.6 Å². The molecule has 1 N–H and O–H groups in total. The molecule has 156 valence electrons. The predicted molar refractivity (Wildman–Crippen MR) is 114 cm³/mol. The van der Waals surface area contributed by atoms with Crippen LogP contribution in [0.5, 0.6) is 0 Å². The largest absolute Gasteiger partial charge is 0.373 e. The molecule has 4 rings (SSSR count). The number of hydrogen-bond acceptors (Lipinski definition) is 6. The van der Waals surface area contributed by atoms with Crippen molar-refractivity contribution in [3.63, 3.8) is 0 Å². The summed E-state index contributed by atoms with van der Waals surface area (Å²) in [4.78, 5) is 12.0. The Bertz CT molecular complexity index is 1010. The Hall–Kier alpha value is -1.74. The van der Waals surface area contributed by atoms with Crippen LogP contribution in [0.1, 0.15) is 42.4 Å². The van der Waals surface area contributed by atoms with Crippen LogP contribution in [0.25, 0.3) is 0 Å². The van der Waals surface area contributed by atoms with Crippen molar-refractivity contribution in [1.82, 2.24) is 19.2 Å². The van der Waals surface area contributed by atoms with Crippen LogP contribution in [-0.4, -0.2) is 54.8 Å². The molecular formula is C20H26ClN5O2S. The summed E-state index contributed by atoms with van der Waals surface area (Å²) in [5, 5.41) is 3.42. The SMILES string of the molecule is CNc1nc([C@H]2CCCCN2S(=O)(=O)c2ccccc2Cl)nc2c1CCN(C)C2. The van der Waals surface area contributed by atoms with Crippen molar-refractivity contribution in [2.24, 2.45) is 0 Å². The summed E-state index contributed by atoms with van der Waals surface area (Å²) < 4.78 is 28.4. The minimum atomic E-state index is -3.75. The first kappa shape index (κ1) is 20.5. The van der Waals surface area contributed by atoms with E-state index >= 15 is 0 Å². The van der Waals surface area contributed by atoms with Crippen LogP contribution in [0, 0.1) is 0 Å². The molecule has 3 heterocycles. The standard InChI is InChI=1S/C20H26ClN5O2S/c1-22-19-14-10-12-25(2)13-16(14)23-20(24-19)17-8-5-6-11-26(17)29(27,28)18-9-4-3-7-15(18)21/h3-4,7,9,17H,5-6,8,10-13H2,1-2H3,(H,22,23,24)/t17-/m1/s1. The lowest BCUT2D eigenvalue weighted by Gasteiger charge is -2.35. The number of benzene rings is 1. The normalized spacial score (nSPS) is 21.0. The fourth-order valence-corrected chi connectivity index (χ4v) is 6.32. The van der Waals surface area contributed by atoms with Gasteiger partial charge in [0.25, 0.3) is 0 Å². The quantitative estimate of drug-likeness (QED) is 0.795. The number of likely N-dealkylation sites (N-methyl/N-ethyl adjacent to an activating group) is 1. The van der Waals surface area contributed by atoms with Gasteiger partial charge in [-0.1, -0.05) is 30.2 Å². The molecule has 0 saturated carbocycles. The maximum Gasteiger partial charge on any atom is 0.245 e. The molecule has 1 aromatic heterocycles. The molecule has 2 aromatic rings. The Morgan fingerprint density at radius 1 is 1.17 bits per heavy atom. The van der Waals surface area contributed by atoms with E-state index in [9.17, 15) is 8.42 Å². The highest BCUT2D eigenvalue weighted by Gasteiger charge is 2.37. The average molecular weight is 436 g/mol. The first-order valence-corrected chi connectivity index (χ1v) is 11.8. The molecule has 0 spiro atoms. The van der Waals surface area contributed by atoms with Crippen molar-refractivity contribution in [3.05, 3.63) is 46.4 Å². The molecule has 0 bridgehead atoms. The molecular weight excluding hydrogens is 410 g/mol. The summed E-state index contributed by atoms with van der Waals surface area (Å²) in [6.45, 7) is 2.14. The van der Waals surface area contributed by atoms with Crippen LogP contribution < -0.4 is 5.32 Å². The highest BCUT2D eigenvalue weighted by Crippen LogP contribution is 2.37. The first-order chi connectivity index (χ1) is 13.9. The monoisotopic (exact) mass is 435 g/mol. The molecule has 2 aliphatic rings. The fraction of sp³-hybridized carbons (Fsp3) is 0.500. The number of nitrogens with zero attached hydrogens (tertiary/aromatic N) is 4. The van der Waals surface area contributed by atoms with Gasteiger partial charge in [-0.3, -0.25) is 0 Å². The third-order valence-corrected chi connectivity index (χ3v) is 8.09. The highest BCUT2D eigenvalue weighted by molar-refractivity contribution is 7.89. The molecule has 0 aliphatic carbocycles. The minimum Gasteiger partial charge on any atom is -0.373 e. The van der Waals surface area contributed by atoms with E-state index in [4.69, 9.17) is 21.6 Å². The number of nitrogens with one attached hydrogen (secondary N) is 1. The Labute approximate surface area is 177 Å². The molecule has 7 nitrogen and oxygen atoms in total. The Balaban J connectivity index is 1.77. The van der Waals surface area contributed by atoms with E-state index in [0.717, 1.165) is 49.4 Å². The van der Waals surface area contributed by atoms with Crippen LogP contribution in [0.2, 0.25) is 5.02 Å². The molecule has 1 fully saturated rings. The van der Waals surface area contributed by atoms with Gasteiger partial charge in [-0.2, -0.15) is 4.31 Å². The zero-order valence-electron chi connectivity index (χ0n) is 16.7. The second kappa shape index (κ2) is 8.18. The summed E-state index contributed by atoms with van der Waals surface area (Å²) in [5.74, 6) is 1.37. The van der Waals surface area contributed by atoms with Gasteiger partial charge < -0.3 is 10.2 Å². The van der Waals surface area contributed by atoms with Gasteiger partial charge in [0.15, 0.2) is 0 Å². The van der Waals surface area contributed by atoms with E-state index in [1.807, 2.05) is 7.05 Å². The van der Waals surface area contributed by atoms with Crippen LogP contribution in [-0.2, 0) is 23.0 Å². The second-order valence-corrected chi connectivity index (χ2v) is 9.92. The topological polar surface area (TPSA) is 78.4 Å². The van der Waals surface area contributed by atoms with Crippen LogP contribution in [0.15, 0.2) is 29.2 Å². The van der Waals surface area contributed by atoms with Crippen molar-refractivity contribution in [1.29, 1.82) is 0 Å². The van der Waals surface area contributed by atoms with Crippen molar-refractivity contribution >= 4 is 27.4 Å². The lowest BCUT2D eigenvalue weighted by molar-refractivity contribution is 0.244. The zero-order chi connectivity index (χ0) is 20.6. The summed E-state index contributed by atoms with van der Waals surface area (Å²) in [6, 6.07) is 6.21. The lowest BCUT2D eigenvalue weighted by Crippen LogP contribution is -2.40. The Kier molecular flexibility index (Phi) is 5.79.